The van der Waals surface area contributed by atoms with E-state index in [0.717, 1.165) is 15.8 Å². The average molecular weight is 391 g/mol. The van der Waals surface area contributed by atoms with Crippen LogP contribution in [0.4, 0.5) is 0 Å². The molecule has 0 fully saturated rings. The molecular weight excluding hydrogens is 372 g/mol. The molecule has 0 aliphatic rings. The molecule has 126 valence electrons. The molecule has 24 heavy (non-hydrogen) atoms. The summed E-state index contributed by atoms with van der Waals surface area (Å²) in [6, 6.07) is 14.8. The van der Waals surface area contributed by atoms with Gasteiger partial charge in [0.05, 0.1) is 17.3 Å². The second-order valence-corrected chi connectivity index (χ2v) is 5.75. The second-order valence-electron chi connectivity index (χ2n) is 4.90. The van der Waals surface area contributed by atoms with Crippen LogP contribution >= 0.6 is 15.9 Å². The third-order valence-corrected chi connectivity index (χ3v) is 3.76. The van der Waals surface area contributed by atoms with Gasteiger partial charge in [0.1, 0.15) is 11.5 Å². The lowest BCUT2D eigenvalue weighted by molar-refractivity contribution is -0.127. The number of carbonyl (C=O) groups is 1. The lowest BCUT2D eigenvalue weighted by atomic mass is 10.2. The number of rotatable bonds is 7. The van der Waals surface area contributed by atoms with Crippen molar-refractivity contribution in [3.05, 3.63) is 58.6 Å². The van der Waals surface area contributed by atoms with E-state index in [4.69, 9.17) is 9.47 Å². The number of amides is 1. The molecule has 0 heterocycles. The minimum atomic E-state index is -0.678. The van der Waals surface area contributed by atoms with Crippen molar-refractivity contribution >= 4 is 28.1 Å². The van der Waals surface area contributed by atoms with E-state index in [0.29, 0.717) is 12.4 Å². The first-order chi connectivity index (χ1) is 11.6. The van der Waals surface area contributed by atoms with Crippen molar-refractivity contribution in [1.82, 2.24) is 5.43 Å². The molecule has 0 unspecified atom stereocenters. The number of hydrazone groups is 1. The van der Waals surface area contributed by atoms with Gasteiger partial charge in [0, 0.05) is 5.56 Å². The number of hydrogen-bond acceptors (Lipinski definition) is 4. The van der Waals surface area contributed by atoms with Gasteiger partial charge in [0.25, 0.3) is 5.91 Å². The highest BCUT2D eigenvalue weighted by atomic mass is 79.9. The van der Waals surface area contributed by atoms with Crippen LogP contribution in [0.1, 0.15) is 19.4 Å². The highest BCUT2D eigenvalue weighted by Crippen LogP contribution is 2.24. The molecule has 5 nitrogen and oxygen atoms in total. The molecule has 1 atom stereocenters. The van der Waals surface area contributed by atoms with Crippen LogP contribution in [-0.2, 0) is 4.79 Å². The van der Waals surface area contributed by atoms with Gasteiger partial charge in [0.2, 0.25) is 0 Å². The van der Waals surface area contributed by atoms with Gasteiger partial charge >= 0.3 is 0 Å². The van der Waals surface area contributed by atoms with Gasteiger partial charge < -0.3 is 9.47 Å². The predicted octanol–water partition coefficient (Wildman–Crippen LogP) is 3.77. The van der Waals surface area contributed by atoms with Crippen molar-refractivity contribution in [3.63, 3.8) is 0 Å². The molecular formula is C18H19BrN2O3. The fraction of sp³-hybridized carbons (Fsp3) is 0.222. The zero-order chi connectivity index (χ0) is 17.4. The summed E-state index contributed by atoms with van der Waals surface area (Å²) < 4.78 is 11.9. The SMILES string of the molecule is CCOc1ccccc1/C=N\NC(=O)[C@@H](C)Oc1ccccc1Br. The fourth-order valence-corrected chi connectivity index (χ4v) is 2.29. The second kappa shape index (κ2) is 9.08. The van der Waals surface area contributed by atoms with Gasteiger partial charge in [-0.25, -0.2) is 5.43 Å². The Morgan fingerprint density at radius 3 is 2.58 bits per heavy atom. The Labute approximate surface area is 149 Å². The largest absolute Gasteiger partial charge is 0.493 e. The zero-order valence-electron chi connectivity index (χ0n) is 13.5. The Kier molecular flexibility index (Phi) is 6.81. The molecule has 6 heteroatoms. The quantitative estimate of drug-likeness (QED) is 0.578. The average Bonchev–Trinajstić information content (AvgIpc) is 2.58. The predicted molar refractivity (Wildman–Crippen MR) is 97.6 cm³/mol. The highest BCUT2D eigenvalue weighted by molar-refractivity contribution is 9.10. The molecule has 1 amide bonds. The van der Waals surface area contributed by atoms with Crippen molar-refractivity contribution in [3.8, 4) is 11.5 Å². The van der Waals surface area contributed by atoms with E-state index in [9.17, 15) is 4.79 Å². The number of carbonyl (C=O) groups excluding carboxylic acids is 1. The molecule has 0 bridgehead atoms. The summed E-state index contributed by atoms with van der Waals surface area (Å²) in [6.07, 6.45) is 0.872. The van der Waals surface area contributed by atoms with E-state index in [1.165, 1.54) is 0 Å². The number of para-hydroxylation sites is 2. The Balaban J connectivity index is 1.94. The number of ether oxygens (including phenoxy) is 2. The molecule has 0 aliphatic carbocycles. The molecule has 0 aromatic heterocycles. The maximum Gasteiger partial charge on any atom is 0.280 e. The van der Waals surface area contributed by atoms with Crippen LogP contribution < -0.4 is 14.9 Å². The van der Waals surface area contributed by atoms with Crippen LogP contribution in [-0.4, -0.2) is 24.8 Å². The molecule has 0 radical (unpaired) electrons. The Morgan fingerprint density at radius 2 is 1.88 bits per heavy atom. The topological polar surface area (TPSA) is 59.9 Å². The summed E-state index contributed by atoms with van der Waals surface area (Å²) in [5, 5.41) is 3.97. The Morgan fingerprint density at radius 1 is 1.21 bits per heavy atom. The van der Waals surface area contributed by atoms with E-state index >= 15 is 0 Å². The van der Waals surface area contributed by atoms with Gasteiger partial charge in [-0.15, -0.1) is 0 Å². The molecule has 0 aliphatic heterocycles. The lowest BCUT2D eigenvalue weighted by Crippen LogP contribution is -2.33. The number of nitrogens with one attached hydrogen (secondary N) is 1. The van der Waals surface area contributed by atoms with Gasteiger partial charge in [0.15, 0.2) is 6.10 Å². The van der Waals surface area contributed by atoms with E-state index in [2.05, 4.69) is 26.5 Å². The molecule has 2 aromatic rings. The summed E-state index contributed by atoms with van der Waals surface area (Å²) >= 11 is 3.38. The Bertz CT molecular complexity index is 719. The third-order valence-electron chi connectivity index (χ3n) is 3.11. The number of nitrogens with zero attached hydrogens (tertiary/aromatic N) is 1. The van der Waals surface area contributed by atoms with Crippen molar-refractivity contribution in [1.29, 1.82) is 0 Å². The summed E-state index contributed by atoms with van der Waals surface area (Å²) in [5.41, 5.74) is 3.27. The maximum atomic E-state index is 12.1. The molecule has 0 saturated heterocycles. The van der Waals surface area contributed by atoms with E-state index in [1.54, 1.807) is 19.2 Å². The van der Waals surface area contributed by atoms with Crippen LogP contribution in [0.25, 0.3) is 0 Å². The summed E-state index contributed by atoms with van der Waals surface area (Å²) in [7, 11) is 0. The van der Waals surface area contributed by atoms with Gasteiger partial charge in [-0.2, -0.15) is 5.10 Å². The van der Waals surface area contributed by atoms with E-state index in [1.807, 2.05) is 49.4 Å². The van der Waals surface area contributed by atoms with Crippen molar-refractivity contribution in [2.75, 3.05) is 6.61 Å². The zero-order valence-corrected chi connectivity index (χ0v) is 15.1. The smallest absolute Gasteiger partial charge is 0.280 e. The van der Waals surface area contributed by atoms with Crippen LogP contribution in [0.3, 0.4) is 0 Å². The minimum Gasteiger partial charge on any atom is -0.493 e. The van der Waals surface area contributed by atoms with Crippen molar-refractivity contribution < 1.29 is 14.3 Å². The van der Waals surface area contributed by atoms with Crippen molar-refractivity contribution in [2.45, 2.75) is 20.0 Å². The first-order valence-electron chi connectivity index (χ1n) is 7.57. The number of benzene rings is 2. The lowest BCUT2D eigenvalue weighted by Gasteiger charge is -2.14. The minimum absolute atomic E-state index is 0.337. The Hall–Kier alpha value is -2.34. The molecule has 0 spiro atoms. The molecule has 1 N–H and O–H groups in total. The van der Waals surface area contributed by atoms with Gasteiger partial charge in [-0.05, 0) is 54.0 Å². The van der Waals surface area contributed by atoms with Crippen LogP contribution in [0.5, 0.6) is 11.5 Å². The van der Waals surface area contributed by atoms with Crippen LogP contribution in [0.15, 0.2) is 58.1 Å². The fourth-order valence-electron chi connectivity index (χ4n) is 1.91. The normalized spacial score (nSPS) is 12.0. The van der Waals surface area contributed by atoms with Gasteiger partial charge in [-0.1, -0.05) is 24.3 Å². The molecule has 0 saturated carbocycles. The maximum absolute atomic E-state index is 12.1. The standard InChI is InChI=1S/C18H19BrN2O3/c1-3-23-16-10-6-4-8-14(16)12-20-21-18(22)13(2)24-17-11-7-5-9-15(17)19/h4-13H,3H2,1-2H3,(H,21,22)/b20-12-/t13-/m1/s1. The summed E-state index contributed by atoms with van der Waals surface area (Å²) in [5.74, 6) is 0.984. The summed E-state index contributed by atoms with van der Waals surface area (Å²) in [6.45, 7) is 4.14. The van der Waals surface area contributed by atoms with Crippen LogP contribution in [0, 0.1) is 0 Å². The number of hydrogen-bond donors (Lipinski definition) is 1. The summed E-state index contributed by atoms with van der Waals surface area (Å²) in [4.78, 5) is 12.1. The monoisotopic (exact) mass is 390 g/mol. The first-order valence-corrected chi connectivity index (χ1v) is 8.37. The molecule has 2 rings (SSSR count). The molecule has 2 aromatic carbocycles. The van der Waals surface area contributed by atoms with Gasteiger partial charge in [-0.3, -0.25) is 4.79 Å². The highest BCUT2D eigenvalue weighted by Gasteiger charge is 2.15. The van der Waals surface area contributed by atoms with E-state index in [-0.39, 0.29) is 5.91 Å². The third kappa shape index (κ3) is 5.09. The van der Waals surface area contributed by atoms with E-state index < -0.39 is 6.10 Å². The van der Waals surface area contributed by atoms with Crippen LogP contribution in [0.2, 0.25) is 0 Å². The first kappa shape index (κ1) is 18.0. The van der Waals surface area contributed by atoms with Crippen molar-refractivity contribution in [2.24, 2.45) is 5.10 Å². The number of halogens is 1.